The van der Waals surface area contributed by atoms with E-state index in [1.54, 1.807) is 0 Å². The number of para-hydroxylation sites is 1. The fourth-order valence-electron chi connectivity index (χ4n) is 3.30. The molecule has 1 amide bonds. The number of aromatic amines is 1. The van der Waals surface area contributed by atoms with Crippen molar-refractivity contribution < 1.29 is 4.79 Å². The van der Waals surface area contributed by atoms with Crippen LogP contribution in [0.2, 0.25) is 0 Å². The predicted octanol–water partition coefficient (Wildman–Crippen LogP) is 2.06. The number of H-pyrrole nitrogens is 1. The van der Waals surface area contributed by atoms with Gasteiger partial charge < -0.3 is 15.6 Å². The lowest BCUT2D eigenvalue weighted by Crippen LogP contribution is -2.36. The Labute approximate surface area is 139 Å². The highest BCUT2D eigenvalue weighted by Gasteiger charge is 2.22. The lowest BCUT2D eigenvalue weighted by molar-refractivity contribution is -0.132. The molecule has 0 atom stereocenters. The number of rotatable bonds is 3. The molecule has 1 aliphatic heterocycles. The van der Waals surface area contributed by atoms with Crippen LogP contribution in [0.25, 0.3) is 10.9 Å². The fraction of sp³-hybridized carbons (Fsp3) is 0.278. The number of nitrogens with two attached hydrogens (primary N) is 1. The second-order valence-electron chi connectivity index (χ2n) is 6.17. The van der Waals surface area contributed by atoms with Crippen molar-refractivity contribution in [3.05, 3.63) is 53.3 Å². The number of carbonyl (C=O) groups excluding carboxylic acids is 1. The number of hydrogen-bond acceptors (Lipinski definition) is 4. The second-order valence-corrected chi connectivity index (χ2v) is 6.17. The molecule has 0 saturated heterocycles. The van der Waals surface area contributed by atoms with Crippen molar-refractivity contribution in [2.75, 3.05) is 12.3 Å². The SMILES string of the molecule is Nc1cc2c(nn1)CCN(C(=O)CCc1c[nH]c3ccccc13)C2. The van der Waals surface area contributed by atoms with Crippen LogP contribution in [-0.2, 0) is 24.2 Å². The molecule has 6 heteroatoms. The van der Waals surface area contributed by atoms with Gasteiger partial charge in [-0.15, -0.1) is 5.10 Å². The Hall–Kier alpha value is -2.89. The Bertz CT molecular complexity index is 901. The van der Waals surface area contributed by atoms with Crippen molar-refractivity contribution in [2.24, 2.45) is 0 Å². The third-order valence-electron chi connectivity index (χ3n) is 4.59. The number of nitrogens with one attached hydrogen (secondary N) is 1. The summed E-state index contributed by atoms with van der Waals surface area (Å²) in [6, 6.07) is 9.99. The standard InChI is InChI=1S/C18H19N5O/c19-17-9-13-11-23(8-7-15(13)21-22-17)18(24)6-5-12-10-20-16-4-2-1-3-14(12)16/h1-4,9-10,20H,5-8,11H2,(H2,19,22). The molecule has 1 aliphatic rings. The first-order chi connectivity index (χ1) is 11.7. The van der Waals surface area contributed by atoms with E-state index in [1.807, 2.05) is 35.4 Å². The predicted molar refractivity (Wildman–Crippen MR) is 92.2 cm³/mol. The molecule has 1 aromatic carbocycles. The minimum absolute atomic E-state index is 0.168. The van der Waals surface area contributed by atoms with E-state index >= 15 is 0 Å². The summed E-state index contributed by atoms with van der Waals surface area (Å²) in [6.45, 7) is 1.26. The van der Waals surface area contributed by atoms with Crippen molar-refractivity contribution in [2.45, 2.75) is 25.8 Å². The summed E-state index contributed by atoms with van der Waals surface area (Å²) in [4.78, 5) is 17.7. The summed E-state index contributed by atoms with van der Waals surface area (Å²) >= 11 is 0. The zero-order chi connectivity index (χ0) is 16.5. The second kappa shape index (κ2) is 5.96. The summed E-state index contributed by atoms with van der Waals surface area (Å²) in [6.07, 6.45) is 3.98. The Balaban J connectivity index is 1.43. The molecular weight excluding hydrogens is 302 g/mol. The molecule has 0 unspecified atom stereocenters. The summed E-state index contributed by atoms with van der Waals surface area (Å²) in [5.74, 6) is 0.572. The van der Waals surface area contributed by atoms with Crippen LogP contribution in [0.5, 0.6) is 0 Å². The van der Waals surface area contributed by atoms with E-state index in [0.29, 0.717) is 25.3 Å². The Morgan fingerprint density at radius 2 is 2.17 bits per heavy atom. The largest absolute Gasteiger partial charge is 0.382 e. The zero-order valence-corrected chi connectivity index (χ0v) is 13.3. The molecule has 0 saturated carbocycles. The number of nitrogens with zero attached hydrogens (tertiary/aromatic N) is 3. The Kier molecular flexibility index (Phi) is 3.65. The smallest absolute Gasteiger partial charge is 0.223 e. The summed E-state index contributed by atoms with van der Waals surface area (Å²) in [5, 5.41) is 9.19. The molecule has 122 valence electrons. The van der Waals surface area contributed by atoms with Gasteiger partial charge in [0.15, 0.2) is 0 Å². The van der Waals surface area contributed by atoms with Gasteiger partial charge in [0.05, 0.1) is 5.69 Å². The molecule has 0 spiro atoms. The third-order valence-corrected chi connectivity index (χ3v) is 4.59. The van der Waals surface area contributed by atoms with Gasteiger partial charge in [0, 0.05) is 43.0 Å². The van der Waals surface area contributed by atoms with E-state index in [-0.39, 0.29) is 5.91 Å². The maximum Gasteiger partial charge on any atom is 0.223 e. The van der Waals surface area contributed by atoms with E-state index in [2.05, 4.69) is 21.2 Å². The van der Waals surface area contributed by atoms with Gasteiger partial charge in [0.25, 0.3) is 0 Å². The van der Waals surface area contributed by atoms with Crippen LogP contribution in [-0.4, -0.2) is 32.5 Å². The fourth-order valence-corrected chi connectivity index (χ4v) is 3.30. The first-order valence-corrected chi connectivity index (χ1v) is 8.14. The molecule has 0 fully saturated rings. The number of hydrogen-bond donors (Lipinski definition) is 2. The Morgan fingerprint density at radius 3 is 3.08 bits per heavy atom. The van der Waals surface area contributed by atoms with E-state index in [1.165, 1.54) is 10.9 Å². The lowest BCUT2D eigenvalue weighted by atomic mass is 10.0. The topological polar surface area (TPSA) is 87.9 Å². The van der Waals surface area contributed by atoms with Crippen molar-refractivity contribution in [1.82, 2.24) is 20.1 Å². The normalized spacial score (nSPS) is 13.9. The summed E-state index contributed by atoms with van der Waals surface area (Å²) < 4.78 is 0. The van der Waals surface area contributed by atoms with E-state index in [4.69, 9.17) is 5.73 Å². The van der Waals surface area contributed by atoms with Crippen LogP contribution in [0.15, 0.2) is 36.5 Å². The molecule has 24 heavy (non-hydrogen) atoms. The minimum Gasteiger partial charge on any atom is -0.382 e. The van der Waals surface area contributed by atoms with Gasteiger partial charge in [-0.25, -0.2) is 0 Å². The quantitative estimate of drug-likeness (QED) is 0.773. The third kappa shape index (κ3) is 2.71. The molecule has 3 N–H and O–H groups in total. The number of benzene rings is 1. The molecule has 0 bridgehead atoms. The monoisotopic (exact) mass is 321 g/mol. The lowest BCUT2D eigenvalue weighted by Gasteiger charge is -2.28. The van der Waals surface area contributed by atoms with Crippen LogP contribution in [0.4, 0.5) is 5.82 Å². The first-order valence-electron chi connectivity index (χ1n) is 8.14. The molecule has 2 aromatic heterocycles. The highest BCUT2D eigenvalue weighted by Crippen LogP contribution is 2.21. The maximum atomic E-state index is 12.6. The number of aromatic nitrogens is 3. The number of anilines is 1. The average molecular weight is 321 g/mol. The molecule has 3 aromatic rings. The van der Waals surface area contributed by atoms with Gasteiger partial charge in [-0.05, 0) is 29.7 Å². The van der Waals surface area contributed by atoms with Gasteiger partial charge in [0.2, 0.25) is 5.91 Å². The van der Waals surface area contributed by atoms with E-state index in [0.717, 1.165) is 29.6 Å². The number of fused-ring (bicyclic) bond motifs is 2. The molecular formula is C18H19N5O. The van der Waals surface area contributed by atoms with Crippen LogP contribution in [0, 0.1) is 0 Å². The van der Waals surface area contributed by atoms with Crippen molar-refractivity contribution in [1.29, 1.82) is 0 Å². The number of nitrogen functional groups attached to an aromatic ring is 1. The molecule has 0 aliphatic carbocycles. The highest BCUT2D eigenvalue weighted by atomic mass is 16.2. The first kappa shape index (κ1) is 14.7. The van der Waals surface area contributed by atoms with Crippen LogP contribution >= 0.6 is 0 Å². The summed E-state index contributed by atoms with van der Waals surface area (Å²) in [5.41, 5.74) is 9.95. The van der Waals surface area contributed by atoms with E-state index < -0.39 is 0 Å². The van der Waals surface area contributed by atoms with Crippen molar-refractivity contribution in [3.8, 4) is 0 Å². The molecule has 0 radical (unpaired) electrons. The van der Waals surface area contributed by atoms with Crippen LogP contribution < -0.4 is 5.73 Å². The number of aryl methyl sites for hydroxylation is 1. The van der Waals surface area contributed by atoms with Gasteiger partial charge in [-0.3, -0.25) is 4.79 Å². The number of amides is 1. The zero-order valence-electron chi connectivity index (χ0n) is 13.3. The molecule has 4 rings (SSSR count). The molecule has 3 heterocycles. The van der Waals surface area contributed by atoms with Crippen molar-refractivity contribution >= 4 is 22.6 Å². The van der Waals surface area contributed by atoms with Gasteiger partial charge in [-0.1, -0.05) is 18.2 Å². The van der Waals surface area contributed by atoms with E-state index in [9.17, 15) is 4.79 Å². The van der Waals surface area contributed by atoms with Gasteiger partial charge >= 0.3 is 0 Å². The van der Waals surface area contributed by atoms with Crippen LogP contribution in [0.1, 0.15) is 23.2 Å². The van der Waals surface area contributed by atoms with Crippen molar-refractivity contribution in [3.63, 3.8) is 0 Å². The van der Waals surface area contributed by atoms with Gasteiger partial charge in [-0.2, -0.15) is 5.10 Å². The highest BCUT2D eigenvalue weighted by molar-refractivity contribution is 5.84. The maximum absolute atomic E-state index is 12.6. The van der Waals surface area contributed by atoms with Crippen LogP contribution in [0.3, 0.4) is 0 Å². The minimum atomic E-state index is 0.168. The number of carbonyl (C=O) groups is 1. The van der Waals surface area contributed by atoms with Gasteiger partial charge in [0.1, 0.15) is 5.82 Å². The average Bonchev–Trinajstić information content (AvgIpc) is 3.02. The Morgan fingerprint density at radius 1 is 1.29 bits per heavy atom. The molecule has 6 nitrogen and oxygen atoms in total. The summed E-state index contributed by atoms with van der Waals surface area (Å²) in [7, 11) is 0.